The van der Waals surface area contributed by atoms with Gasteiger partial charge in [-0.3, -0.25) is 0 Å². The molecule has 19 heavy (non-hydrogen) atoms. The van der Waals surface area contributed by atoms with Crippen molar-refractivity contribution in [3.05, 3.63) is 58.1 Å². The van der Waals surface area contributed by atoms with Gasteiger partial charge in [0.25, 0.3) is 0 Å². The van der Waals surface area contributed by atoms with Gasteiger partial charge in [0.1, 0.15) is 11.5 Å². The minimum atomic E-state index is 0.661. The molecule has 0 saturated carbocycles. The number of rotatable bonds is 4. The quantitative estimate of drug-likeness (QED) is 0.905. The molecule has 0 spiro atoms. The van der Waals surface area contributed by atoms with Crippen molar-refractivity contribution in [3.63, 3.8) is 0 Å². The molecule has 0 unspecified atom stereocenters. The minimum Gasteiger partial charge on any atom is -0.457 e. The molecular formula is C16H18ClNO. The predicted molar refractivity (Wildman–Crippen MR) is 80.2 cm³/mol. The average molecular weight is 276 g/mol. The fraction of sp³-hybridized carbons (Fsp3) is 0.250. The van der Waals surface area contributed by atoms with Crippen molar-refractivity contribution >= 4 is 11.6 Å². The molecule has 0 fully saturated rings. The summed E-state index contributed by atoms with van der Waals surface area (Å²) in [6.45, 7) is 4.73. The number of nitrogens with two attached hydrogens (primary N) is 1. The van der Waals surface area contributed by atoms with E-state index in [0.717, 1.165) is 23.5 Å². The van der Waals surface area contributed by atoms with Gasteiger partial charge < -0.3 is 10.5 Å². The summed E-state index contributed by atoms with van der Waals surface area (Å²) in [4.78, 5) is 0. The fourth-order valence-electron chi connectivity index (χ4n) is 1.98. The molecule has 0 bridgehead atoms. The second-order valence-electron chi connectivity index (χ2n) is 4.64. The second-order valence-corrected chi connectivity index (χ2v) is 5.08. The first-order valence-electron chi connectivity index (χ1n) is 6.34. The third-order valence-electron chi connectivity index (χ3n) is 3.11. The lowest BCUT2D eigenvalue weighted by atomic mass is 10.1. The number of hydrogen-bond acceptors (Lipinski definition) is 2. The van der Waals surface area contributed by atoms with Crippen LogP contribution in [0.4, 0.5) is 0 Å². The number of benzene rings is 2. The van der Waals surface area contributed by atoms with Gasteiger partial charge in [-0.1, -0.05) is 23.7 Å². The molecule has 2 N–H and O–H groups in total. The normalized spacial score (nSPS) is 10.5. The van der Waals surface area contributed by atoms with Crippen LogP contribution in [0.25, 0.3) is 0 Å². The van der Waals surface area contributed by atoms with Crippen LogP contribution in [0, 0.1) is 13.8 Å². The summed E-state index contributed by atoms with van der Waals surface area (Å²) < 4.78 is 5.89. The van der Waals surface area contributed by atoms with Crippen molar-refractivity contribution in [1.82, 2.24) is 0 Å². The Kier molecular flexibility index (Phi) is 4.46. The smallest absolute Gasteiger partial charge is 0.131 e. The van der Waals surface area contributed by atoms with Crippen LogP contribution < -0.4 is 10.5 Å². The van der Waals surface area contributed by atoms with Crippen LogP contribution in [0.15, 0.2) is 36.4 Å². The molecule has 2 aromatic rings. The highest BCUT2D eigenvalue weighted by molar-refractivity contribution is 6.30. The summed E-state index contributed by atoms with van der Waals surface area (Å²) in [5.74, 6) is 1.61. The number of hydrogen-bond donors (Lipinski definition) is 1. The van der Waals surface area contributed by atoms with Gasteiger partial charge in [-0.25, -0.2) is 0 Å². The Morgan fingerprint density at radius 2 is 1.84 bits per heavy atom. The van der Waals surface area contributed by atoms with Gasteiger partial charge >= 0.3 is 0 Å². The molecular weight excluding hydrogens is 258 g/mol. The lowest BCUT2D eigenvalue weighted by Crippen LogP contribution is -2.04. The van der Waals surface area contributed by atoms with Crippen molar-refractivity contribution in [3.8, 4) is 11.5 Å². The van der Waals surface area contributed by atoms with Gasteiger partial charge in [0.2, 0.25) is 0 Å². The predicted octanol–water partition coefficient (Wildman–Crippen LogP) is 4.25. The highest BCUT2D eigenvalue weighted by Gasteiger charge is 2.05. The Hall–Kier alpha value is -1.51. The molecule has 2 rings (SSSR count). The molecule has 2 nitrogen and oxygen atoms in total. The van der Waals surface area contributed by atoms with Crippen molar-refractivity contribution < 1.29 is 4.74 Å². The average Bonchev–Trinajstić information content (AvgIpc) is 2.37. The monoisotopic (exact) mass is 275 g/mol. The van der Waals surface area contributed by atoms with Gasteiger partial charge in [-0.2, -0.15) is 0 Å². The van der Waals surface area contributed by atoms with Gasteiger partial charge in [-0.05, 0) is 67.8 Å². The Morgan fingerprint density at radius 3 is 2.53 bits per heavy atom. The Labute approximate surface area is 119 Å². The molecule has 0 aliphatic carbocycles. The first-order chi connectivity index (χ1) is 9.10. The van der Waals surface area contributed by atoms with Crippen LogP contribution in [0.2, 0.25) is 5.02 Å². The van der Waals surface area contributed by atoms with Crippen LogP contribution in [-0.4, -0.2) is 6.54 Å². The van der Waals surface area contributed by atoms with Crippen molar-refractivity contribution in [2.45, 2.75) is 20.3 Å². The summed E-state index contributed by atoms with van der Waals surface area (Å²) in [5.41, 5.74) is 9.10. The van der Waals surface area contributed by atoms with E-state index in [4.69, 9.17) is 22.1 Å². The largest absolute Gasteiger partial charge is 0.457 e. The molecule has 0 aromatic heterocycles. The van der Waals surface area contributed by atoms with E-state index in [-0.39, 0.29) is 0 Å². The molecule has 100 valence electrons. The fourth-order valence-corrected chi connectivity index (χ4v) is 2.14. The maximum absolute atomic E-state index is 5.99. The highest BCUT2D eigenvalue weighted by atomic mass is 35.5. The van der Waals surface area contributed by atoms with E-state index in [1.165, 1.54) is 11.1 Å². The number of halogens is 1. The summed E-state index contributed by atoms with van der Waals surface area (Å²) in [5, 5.41) is 0.678. The Balaban J connectivity index is 2.24. The molecule has 0 saturated heterocycles. The summed E-state index contributed by atoms with van der Waals surface area (Å²) in [6.07, 6.45) is 0.891. The zero-order valence-electron chi connectivity index (χ0n) is 11.2. The highest BCUT2D eigenvalue weighted by Crippen LogP contribution is 2.29. The van der Waals surface area contributed by atoms with Crippen molar-refractivity contribution in [1.29, 1.82) is 0 Å². The van der Waals surface area contributed by atoms with Crippen LogP contribution in [0.5, 0.6) is 11.5 Å². The van der Waals surface area contributed by atoms with Crippen LogP contribution in [-0.2, 0) is 6.42 Å². The topological polar surface area (TPSA) is 35.2 Å². The van der Waals surface area contributed by atoms with E-state index in [1.54, 1.807) is 0 Å². The van der Waals surface area contributed by atoms with E-state index < -0.39 is 0 Å². The van der Waals surface area contributed by atoms with E-state index in [2.05, 4.69) is 13.0 Å². The second kappa shape index (κ2) is 6.09. The first kappa shape index (κ1) is 13.9. The SMILES string of the molecule is Cc1cc(Oc2cc(Cl)ccc2C)ccc1CCN. The first-order valence-corrected chi connectivity index (χ1v) is 6.71. The molecule has 2 aromatic carbocycles. The number of ether oxygens (including phenoxy) is 1. The molecule has 0 aliphatic heterocycles. The van der Waals surface area contributed by atoms with E-state index in [1.807, 2.05) is 37.3 Å². The lowest BCUT2D eigenvalue weighted by Gasteiger charge is -2.11. The number of aryl methyl sites for hydroxylation is 2. The van der Waals surface area contributed by atoms with E-state index in [0.29, 0.717) is 11.6 Å². The van der Waals surface area contributed by atoms with Crippen LogP contribution in [0.1, 0.15) is 16.7 Å². The van der Waals surface area contributed by atoms with Crippen LogP contribution in [0.3, 0.4) is 0 Å². The molecule has 0 radical (unpaired) electrons. The van der Waals surface area contributed by atoms with Gasteiger partial charge in [0.15, 0.2) is 0 Å². The van der Waals surface area contributed by atoms with Crippen LogP contribution >= 0.6 is 11.6 Å². The van der Waals surface area contributed by atoms with E-state index in [9.17, 15) is 0 Å². The summed E-state index contributed by atoms with van der Waals surface area (Å²) in [7, 11) is 0. The van der Waals surface area contributed by atoms with Gasteiger partial charge in [0.05, 0.1) is 0 Å². The maximum Gasteiger partial charge on any atom is 0.131 e. The Bertz CT molecular complexity index is 581. The van der Waals surface area contributed by atoms with E-state index >= 15 is 0 Å². The third kappa shape index (κ3) is 3.49. The van der Waals surface area contributed by atoms with Crippen molar-refractivity contribution in [2.24, 2.45) is 5.73 Å². The van der Waals surface area contributed by atoms with Crippen molar-refractivity contribution in [2.75, 3.05) is 6.54 Å². The standard InChI is InChI=1S/C16H18ClNO/c1-11-3-5-14(17)10-16(11)19-15-6-4-13(7-8-18)12(2)9-15/h3-6,9-10H,7-8,18H2,1-2H3. The minimum absolute atomic E-state index is 0.661. The molecule has 0 heterocycles. The molecule has 3 heteroatoms. The summed E-state index contributed by atoms with van der Waals surface area (Å²) in [6, 6.07) is 11.7. The maximum atomic E-state index is 5.99. The summed E-state index contributed by atoms with van der Waals surface area (Å²) >= 11 is 5.99. The molecule has 0 amide bonds. The third-order valence-corrected chi connectivity index (χ3v) is 3.34. The molecule has 0 atom stereocenters. The van der Waals surface area contributed by atoms with Gasteiger partial charge in [0, 0.05) is 5.02 Å². The molecule has 0 aliphatic rings. The zero-order valence-corrected chi connectivity index (χ0v) is 12.0. The lowest BCUT2D eigenvalue weighted by molar-refractivity contribution is 0.478. The Morgan fingerprint density at radius 1 is 1.05 bits per heavy atom. The zero-order chi connectivity index (χ0) is 13.8. The van der Waals surface area contributed by atoms with Gasteiger partial charge in [-0.15, -0.1) is 0 Å².